The molecule has 0 aliphatic carbocycles. The van der Waals surface area contributed by atoms with E-state index in [0.717, 1.165) is 11.3 Å². The van der Waals surface area contributed by atoms with Gasteiger partial charge in [0.05, 0.1) is 4.92 Å². The molecular formula is C14H13N3O3. The van der Waals surface area contributed by atoms with Crippen molar-refractivity contribution in [1.29, 1.82) is 0 Å². The lowest BCUT2D eigenvalue weighted by molar-refractivity contribution is -0.384. The molecule has 0 radical (unpaired) electrons. The predicted molar refractivity (Wildman–Crippen MR) is 75.4 cm³/mol. The highest BCUT2D eigenvalue weighted by molar-refractivity contribution is 5.93. The number of amides is 1. The zero-order valence-corrected chi connectivity index (χ0v) is 10.6. The van der Waals surface area contributed by atoms with Gasteiger partial charge in [-0.1, -0.05) is 18.2 Å². The molecule has 2 aromatic carbocycles. The van der Waals surface area contributed by atoms with E-state index < -0.39 is 10.8 Å². The molecule has 0 saturated heterocycles. The van der Waals surface area contributed by atoms with Gasteiger partial charge in [-0.3, -0.25) is 14.9 Å². The minimum Gasteiger partial charge on any atom is -0.381 e. The number of nitrogens with zero attached hydrogens (tertiary/aromatic N) is 1. The summed E-state index contributed by atoms with van der Waals surface area (Å²) in [5.41, 5.74) is 7.36. The van der Waals surface area contributed by atoms with Crippen molar-refractivity contribution < 1.29 is 9.72 Å². The molecule has 0 aliphatic heterocycles. The van der Waals surface area contributed by atoms with Crippen molar-refractivity contribution in [2.45, 2.75) is 6.54 Å². The van der Waals surface area contributed by atoms with Crippen LogP contribution in [0.15, 0.2) is 48.5 Å². The second-order valence-corrected chi connectivity index (χ2v) is 4.22. The summed E-state index contributed by atoms with van der Waals surface area (Å²) in [6, 6.07) is 13.1. The molecule has 3 N–H and O–H groups in total. The summed E-state index contributed by atoms with van der Waals surface area (Å²) >= 11 is 0. The Hall–Kier alpha value is -2.89. The Morgan fingerprint density at radius 3 is 2.50 bits per heavy atom. The molecule has 0 fully saturated rings. The molecule has 0 saturated carbocycles. The van der Waals surface area contributed by atoms with E-state index in [-0.39, 0.29) is 5.69 Å². The number of nitro benzene ring substituents is 1. The second kappa shape index (κ2) is 5.83. The number of anilines is 1. The van der Waals surface area contributed by atoms with E-state index in [1.807, 2.05) is 6.07 Å². The van der Waals surface area contributed by atoms with Crippen LogP contribution in [0.5, 0.6) is 0 Å². The summed E-state index contributed by atoms with van der Waals surface area (Å²) in [5.74, 6) is -0.482. The van der Waals surface area contributed by atoms with Crippen molar-refractivity contribution in [3.63, 3.8) is 0 Å². The number of hydrogen-bond donors (Lipinski definition) is 2. The van der Waals surface area contributed by atoms with Gasteiger partial charge in [-0.2, -0.15) is 0 Å². The monoisotopic (exact) mass is 271 g/mol. The van der Waals surface area contributed by atoms with Gasteiger partial charge < -0.3 is 11.1 Å². The number of nitrogens with two attached hydrogens (primary N) is 1. The van der Waals surface area contributed by atoms with E-state index in [1.165, 1.54) is 12.1 Å². The van der Waals surface area contributed by atoms with Crippen LogP contribution in [0.4, 0.5) is 11.4 Å². The van der Waals surface area contributed by atoms with Gasteiger partial charge in [0.1, 0.15) is 0 Å². The van der Waals surface area contributed by atoms with Gasteiger partial charge >= 0.3 is 0 Å². The van der Waals surface area contributed by atoms with Crippen molar-refractivity contribution in [3.8, 4) is 0 Å². The molecule has 102 valence electrons. The first kappa shape index (κ1) is 13.5. The van der Waals surface area contributed by atoms with Gasteiger partial charge in [-0.05, 0) is 23.8 Å². The summed E-state index contributed by atoms with van der Waals surface area (Å²) in [4.78, 5) is 21.2. The molecule has 0 unspecified atom stereocenters. The van der Waals surface area contributed by atoms with E-state index in [2.05, 4.69) is 5.32 Å². The Morgan fingerprint density at radius 2 is 1.90 bits per heavy atom. The number of non-ortho nitro benzene ring substituents is 1. The van der Waals surface area contributed by atoms with Crippen LogP contribution >= 0.6 is 0 Å². The van der Waals surface area contributed by atoms with Crippen LogP contribution in [0.3, 0.4) is 0 Å². The minimum atomic E-state index is -0.482. The Morgan fingerprint density at radius 1 is 1.20 bits per heavy atom. The van der Waals surface area contributed by atoms with E-state index in [4.69, 9.17) is 5.73 Å². The zero-order chi connectivity index (χ0) is 14.5. The van der Waals surface area contributed by atoms with E-state index in [0.29, 0.717) is 12.1 Å². The average molecular weight is 271 g/mol. The Kier molecular flexibility index (Phi) is 3.95. The van der Waals surface area contributed by atoms with Gasteiger partial charge in [0.25, 0.3) is 5.69 Å². The number of carbonyl (C=O) groups excluding carboxylic acids is 1. The van der Waals surface area contributed by atoms with Crippen LogP contribution in [-0.2, 0) is 6.54 Å². The fraction of sp³-hybridized carbons (Fsp3) is 0.0714. The third-order valence-electron chi connectivity index (χ3n) is 2.79. The number of nitrogens with one attached hydrogen (secondary N) is 1. The molecule has 20 heavy (non-hydrogen) atoms. The van der Waals surface area contributed by atoms with Gasteiger partial charge in [0.15, 0.2) is 0 Å². The van der Waals surface area contributed by atoms with Gasteiger partial charge in [-0.25, -0.2) is 0 Å². The molecule has 0 aromatic heterocycles. The standard InChI is InChI=1S/C14H13N3O3/c15-14(18)11-2-1-3-12(8-11)16-9-10-4-6-13(7-5-10)17(19)20/h1-8,16H,9H2,(H2,15,18). The minimum absolute atomic E-state index is 0.0597. The maximum atomic E-state index is 11.1. The molecule has 0 atom stereocenters. The fourth-order valence-electron chi connectivity index (χ4n) is 1.72. The van der Waals surface area contributed by atoms with Crippen molar-refractivity contribution >= 4 is 17.3 Å². The smallest absolute Gasteiger partial charge is 0.269 e. The number of hydrogen-bond acceptors (Lipinski definition) is 4. The Bertz CT molecular complexity index is 638. The quantitative estimate of drug-likeness (QED) is 0.644. The third-order valence-corrected chi connectivity index (χ3v) is 2.79. The van der Waals surface area contributed by atoms with Crippen LogP contribution < -0.4 is 11.1 Å². The SMILES string of the molecule is NC(=O)c1cccc(NCc2ccc([N+](=O)[O-])cc2)c1. The lowest BCUT2D eigenvalue weighted by atomic mass is 10.1. The van der Waals surface area contributed by atoms with Gasteiger partial charge in [0, 0.05) is 29.9 Å². The molecule has 6 nitrogen and oxygen atoms in total. The maximum absolute atomic E-state index is 11.1. The van der Waals surface area contributed by atoms with Crippen molar-refractivity contribution in [3.05, 3.63) is 69.8 Å². The average Bonchev–Trinajstić information content (AvgIpc) is 2.46. The number of carbonyl (C=O) groups is 1. The molecule has 1 amide bonds. The first-order valence-corrected chi connectivity index (χ1v) is 5.93. The lowest BCUT2D eigenvalue weighted by Gasteiger charge is -2.07. The first-order valence-electron chi connectivity index (χ1n) is 5.93. The van der Waals surface area contributed by atoms with Crippen LogP contribution in [-0.4, -0.2) is 10.8 Å². The summed E-state index contributed by atoms with van der Waals surface area (Å²) in [7, 11) is 0. The molecule has 0 bridgehead atoms. The van der Waals surface area contributed by atoms with Gasteiger partial charge in [0.2, 0.25) is 5.91 Å². The number of benzene rings is 2. The van der Waals surface area contributed by atoms with E-state index in [9.17, 15) is 14.9 Å². The van der Waals surface area contributed by atoms with Crippen LogP contribution in [0.2, 0.25) is 0 Å². The molecule has 0 heterocycles. The van der Waals surface area contributed by atoms with Gasteiger partial charge in [-0.15, -0.1) is 0 Å². The fourth-order valence-corrected chi connectivity index (χ4v) is 1.72. The van der Waals surface area contributed by atoms with Crippen LogP contribution in [0.25, 0.3) is 0 Å². The number of rotatable bonds is 5. The van der Waals surface area contributed by atoms with Crippen LogP contribution in [0.1, 0.15) is 15.9 Å². The molecular weight excluding hydrogens is 258 g/mol. The van der Waals surface area contributed by atoms with E-state index >= 15 is 0 Å². The highest BCUT2D eigenvalue weighted by Gasteiger charge is 2.04. The highest BCUT2D eigenvalue weighted by Crippen LogP contribution is 2.15. The molecule has 0 spiro atoms. The molecule has 2 rings (SSSR count). The molecule has 6 heteroatoms. The molecule has 2 aromatic rings. The van der Waals surface area contributed by atoms with Crippen molar-refractivity contribution in [2.24, 2.45) is 5.73 Å². The van der Waals surface area contributed by atoms with Crippen molar-refractivity contribution in [1.82, 2.24) is 0 Å². The lowest BCUT2D eigenvalue weighted by Crippen LogP contribution is -2.11. The van der Waals surface area contributed by atoms with Crippen molar-refractivity contribution in [2.75, 3.05) is 5.32 Å². The summed E-state index contributed by atoms with van der Waals surface area (Å²) in [5, 5.41) is 13.7. The Balaban J connectivity index is 2.03. The number of nitro groups is 1. The summed E-state index contributed by atoms with van der Waals surface area (Å²) in [6.45, 7) is 0.500. The summed E-state index contributed by atoms with van der Waals surface area (Å²) in [6.07, 6.45) is 0. The maximum Gasteiger partial charge on any atom is 0.269 e. The topological polar surface area (TPSA) is 98.3 Å². The zero-order valence-electron chi connectivity index (χ0n) is 10.6. The highest BCUT2D eigenvalue weighted by atomic mass is 16.6. The van der Waals surface area contributed by atoms with E-state index in [1.54, 1.807) is 30.3 Å². The summed E-state index contributed by atoms with van der Waals surface area (Å²) < 4.78 is 0. The predicted octanol–water partition coefficient (Wildman–Crippen LogP) is 2.31. The second-order valence-electron chi connectivity index (χ2n) is 4.22. The molecule has 0 aliphatic rings. The van der Waals surface area contributed by atoms with Crippen LogP contribution in [0, 0.1) is 10.1 Å². The first-order chi connectivity index (χ1) is 9.56. The normalized spacial score (nSPS) is 10.0. The third kappa shape index (κ3) is 3.32. The number of primary amides is 1. The largest absolute Gasteiger partial charge is 0.381 e. The Labute approximate surface area is 115 Å².